The molecule has 0 amide bonds. The average Bonchev–Trinajstić information content (AvgIpc) is 2.86. The molecule has 0 saturated heterocycles. The fourth-order valence-corrected chi connectivity index (χ4v) is 4.71. The van der Waals surface area contributed by atoms with Gasteiger partial charge in [0.2, 0.25) is 10.0 Å². The van der Waals surface area contributed by atoms with Crippen LogP contribution in [0, 0.1) is 20.8 Å². The van der Waals surface area contributed by atoms with E-state index in [1.54, 1.807) is 13.0 Å². The molecule has 1 aromatic heterocycles. The molecule has 1 heterocycles. The van der Waals surface area contributed by atoms with Gasteiger partial charge < -0.3 is 11.1 Å². The quantitative estimate of drug-likeness (QED) is 0.249. The Kier molecular flexibility index (Phi) is 8.32. The number of aryl methyl sites for hydroxylation is 3. The van der Waals surface area contributed by atoms with Gasteiger partial charge in [-0.1, -0.05) is 17.7 Å². The zero-order chi connectivity index (χ0) is 17.7. The number of hydrogen-bond donors (Lipinski definition) is 3. The molecule has 0 aliphatic heterocycles. The molecule has 0 radical (unpaired) electrons. The zero-order valence-electron chi connectivity index (χ0n) is 14.4. The molecule has 1 aromatic carbocycles. The summed E-state index contributed by atoms with van der Waals surface area (Å²) in [6.45, 7) is 6.13. The van der Waals surface area contributed by atoms with Crippen molar-refractivity contribution in [3.63, 3.8) is 0 Å². The van der Waals surface area contributed by atoms with E-state index in [4.69, 9.17) is 5.73 Å². The fraction of sp³-hybridized carbons (Fsp3) is 0.312. The molecule has 0 fully saturated rings. The lowest BCUT2D eigenvalue weighted by molar-refractivity contribution is 0.582. The maximum absolute atomic E-state index is 12.2. The molecule has 0 bridgehead atoms. The Morgan fingerprint density at radius 1 is 1.20 bits per heavy atom. The normalized spacial score (nSPS) is 11.9. The number of guanidine groups is 1. The van der Waals surface area contributed by atoms with Crippen molar-refractivity contribution in [2.75, 3.05) is 18.4 Å². The van der Waals surface area contributed by atoms with Gasteiger partial charge in [0, 0.05) is 22.0 Å². The molecule has 2 rings (SSSR count). The number of thiophene rings is 1. The van der Waals surface area contributed by atoms with Crippen LogP contribution in [0.2, 0.25) is 0 Å². The maximum atomic E-state index is 12.2. The molecule has 138 valence electrons. The Bertz CT molecular complexity index is 830. The molecule has 0 aliphatic rings. The van der Waals surface area contributed by atoms with Crippen molar-refractivity contribution in [1.82, 2.24) is 4.72 Å². The summed E-state index contributed by atoms with van der Waals surface area (Å²) in [5, 5.41) is 2.96. The smallest absolute Gasteiger partial charge is 0.241 e. The Balaban J connectivity index is 0.00000312. The largest absolute Gasteiger partial charge is 0.370 e. The van der Waals surface area contributed by atoms with Crippen LogP contribution in [0.3, 0.4) is 0 Å². The molecule has 0 spiro atoms. The molecule has 4 N–H and O–H groups in total. The number of aliphatic imine (C=N–C) groups is 1. The Morgan fingerprint density at radius 3 is 2.40 bits per heavy atom. The van der Waals surface area contributed by atoms with Crippen molar-refractivity contribution >= 4 is 57.0 Å². The number of sulfonamides is 1. The van der Waals surface area contributed by atoms with Crippen LogP contribution in [0.5, 0.6) is 0 Å². The lowest BCUT2D eigenvalue weighted by atomic mass is 10.2. The van der Waals surface area contributed by atoms with E-state index in [2.05, 4.69) is 15.0 Å². The zero-order valence-corrected chi connectivity index (χ0v) is 18.3. The number of rotatable bonds is 6. The van der Waals surface area contributed by atoms with E-state index in [0.717, 1.165) is 21.0 Å². The molecule has 6 nitrogen and oxygen atoms in total. The first kappa shape index (κ1) is 21.9. The number of nitrogens with zero attached hydrogens (tertiary/aromatic N) is 1. The summed E-state index contributed by atoms with van der Waals surface area (Å²) < 4.78 is 27.0. The number of hydrogen-bond acceptors (Lipinski definition) is 4. The first-order chi connectivity index (χ1) is 11.3. The van der Waals surface area contributed by atoms with Crippen LogP contribution < -0.4 is 15.8 Å². The van der Waals surface area contributed by atoms with Crippen molar-refractivity contribution in [1.29, 1.82) is 0 Å². The van der Waals surface area contributed by atoms with Gasteiger partial charge in [-0.2, -0.15) is 0 Å². The molecule has 25 heavy (non-hydrogen) atoms. The second-order valence-electron chi connectivity index (χ2n) is 5.43. The van der Waals surface area contributed by atoms with Crippen LogP contribution in [0.15, 0.2) is 40.2 Å². The minimum absolute atomic E-state index is 0. The monoisotopic (exact) mass is 494 g/mol. The second kappa shape index (κ2) is 9.51. The Hall–Kier alpha value is -1.17. The second-order valence-corrected chi connectivity index (χ2v) is 8.63. The van der Waals surface area contributed by atoms with Gasteiger partial charge in [-0.15, -0.1) is 35.3 Å². The number of anilines is 1. The van der Waals surface area contributed by atoms with E-state index >= 15 is 0 Å². The summed E-state index contributed by atoms with van der Waals surface area (Å²) in [5.41, 5.74) is 7.79. The number of nitrogens with two attached hydrogens (primary N) is 1. The van der Waals surface area contributed by atoms with Crippen molar-refractivity contribution in [3.8, 4) is 0 Å². The molecular formula is C16H23IN4O2S2. The van der Waals surface area contributed by atoms with E-state index in [1.807, 2.05) is 38.1 Å². The van der Waals surface area contributed by atoms with E-state index in [0.29, 0.717) is 4.90 Å². The van der Waals surface area contributed by atoms with E-state index < -0.39 is 10.0 Å². The van der Waals surface area contributed by atoms with Gasteiger partial charge in [-0.05, 0) is 39.0 Å². The third kappa shape index (κ3) is 6.57. The summed E-state index contributed by atoms with van der Waals surface area (Å²) in [7, 11) is -3.50. The van der Waals surface area contributed by atoms with E-state index in [1.165, 1.54) is 11.3 Å². The van der Waals surface area contributed by atoms with Crippen LogP contribution in [0.25, 0.3) is 0 Å². The third-order valence-corrected chi connectivity index (χ3v) is 5.98. The minimum atomic E-state index is -3.50. The van der Waals surface area contributed by atoms with Gasteiger partial charge in [0.25, 0.3) is 0 Å². The number of nitrogens with one attached hydrogen (secondary N) is 2. The lowest BCUT2D eigenvalue weighted by Crippen LogP contribution is -2.28. The van der Waals surface area contributed by atoms with Crippen LogP contribution in [-0.4, -0.2) is 27.5 Å². The standard InChI is InChI=1S/C16H22N4O2S2.HI/c1-11-4-6-14(7-5-11)20-16(17)18-8-9-19-24(21,22)15-10-12(2)23-13(15)3;/h4-7,10,19H,8-9H2,1-3H3,(H3,17,18,20);1H. The topological polar surface area (TPSA) is 96.6 Å². The molecule has 2 aromatic rings. The molecule has 0 saturated carbocycles. The predicted molar refractivity (Wildman–Crippen MR) is 116 cm³/mol. The highest BCUT2D eigenvalue weighted by Crippen LogP contribution is 2.24. The van der Waals surface area contributed by atoms with Crippen molar-refractivity contribution in [2.45, 2.75) is 25.7 Å². The average molecular weight is 494 g/mol. The Morgan fingerprint density at radius 2 is 1.84 bits per heavy atom. The van der Waals surface area contributed by atoms with Crippen molar-refractivity contribution in [3.05, 3.63) is 45.6 Å². The van der Waals surface area contributed by atoms with E-state index in [9.17, 15) is 8.42 Å². The van der Waals surface area contributed by atoms with Crippen molar-refractivity contribution < 1.29 is 8.42 Å². The van der Waals surface area contributed by atoms with Gasteiger partial charge in [0.1, 0.15) is 0 Å². The van der Waals surface area contributed by atoms with Gasteiger partial charge in [-0.3, -0.25) is 4.99 Å². The number of benzene rings is 1. The molecule has 9 heteroatoms. The van der Waals surface area contributed by atoms with Gasteiger partial charge in [0.15, 0.2) is 5.96 Å². The number of halogens is 1. The van der Waals surface area contributed by atoms with Crippen LogP contribution in [0.1, 0.15) is 15.3 Å². The lowest BCUT2D eigenvalue weighted by Gasteiger charge is -2.07. The van der Waals surface area contributed by atoms with Gasteiger partial charge in [-0.25, -0.2) is 13.1 Å². The first-order valence-corrected chi connectivity index (χ1v) is 9.78. The van der Waals surface area contributed by atoms with Gasteiger partial charge >= 0.3 is 0 Å². The summed E-state index contributed by atoms with van der Waals surface area (Å²) in [6.07, 6.45) is 0. The minimum Gasteiger partial charge on any atom is -0.370 e. The fourth-order valence-electron chi connectivity index (χ4n) is 2.13. The first-order valence-electron chi connectivity index (χ1n) is 7.48. The maximum Gasteiger partial charge on any atom is 0.241 e. The van der Waals surface area contributed by atoms with Crippen LogP contribution >= 0.6 is 35.3 Å². The molecular weight excluding hydrogens is 471 g/mol. The summed E-state index contributed by atoms with van der Waals surface area (Å²) >= 11 is 1.47. The summed E-state index contributed by atoms with van der Waals surface area (Å²) in [5.74, 6) is 0.251. The van der Waals surface area contributed by atoms with Crippen molar-refractivity contribution in [2.24, 2.45) is 10.7 Å². The highest BCUT2D eigenvalue weighted by atomic mass is 127. The summed E-state index contributed by atoms with van der Waals surface area (Å²) in [6, 6.07) is 9.42. The summed E-state index contributed by atoms with van der Waals surface area (Å²) in [4.78, 5) is 6.21. The SMILES string of the molecule is Cc1ccc(NC(N)=NCCNS(=O)(=O)c2cc(C)sc2C)cc1.I. The van der Waals surface area contributed by atoms with Crippen LogP contribution in [0.4, 0.5) is 5.69 Å². The predicted octanol–water partition coefficient (Wildman–Crippen LogP) is 3.00. The molecule has 0 aliphatic carbocycles. The highest BCUT2D eigenvalue weighted by Gasteiger charge is 2.18. The van der Waals surface area contributed by atoms with Gasteiger partial charge in [0.05, 0.1) is 11.4 Å². The van der Waals surface area contributed by atoms with Crippen LogP contribution in [-0.2, 0) is 10.0 Å². The van der Waals surface area contributed by atoms with E-state index in [-0.39, 0.29) is 43.0 Å². The molecule has 0 unspecified atom stereocenters. The Labute approximate surface area is 170 Å². The highest BCUT2D eigenvalue weighted by molar-refractivity contribution is 14.0. The third-order valence-electron chi connectivity index (χ3n) is 3.29. The molecule has 0 atom stereocenters.